The minimum atomic E-state index is -4.96. The maximum atomic E-state index is 13.1. The van der Waals surface area contributed by atoms with Crippen LogP contribution in [0.5, 0.6) is 0 Å². The van der Waals surface area contributed by atoms with E-state index in [1.54, 1.807) is 0 Å². The van der Waals surface area contributed by atoms with Crippen molar-refractivity contribution < 1.29 is 80.2 Å². The molecule has 8 atom stereocenters. The van der Waals surface area contributed by atoms with Crippen LogP contribution in [-0.2, 0) is 65.4 Å². The van der Waals surface area contributed by atoms with Crippen LogP contribution in [0.3, 0.4) is 0 Å². The molecule has 0 amide bonds. The van der Waals surface area contributed by atoms with Gasteiger partial charge in [0.2, 0.25) is 0 Å². The average molecular weight is 1420 g/mol. The first kappa shape index (κ1) is 95.1. The quantitative estimate of drug-likeness (QED) is 0.0222. The Morgan fingerprint density at radius 1 is 0.289 bits per heavy atom. The predicted molar refractivity (Wildman–Crippen MR) is 395 cm³/mol. The summed E-state index contributed by atoms with van der Waals surface area (Å²) in [4.78, 5) is 72.9. The van der Waals surface area contributed by atoms with Gasteiger partial charge in [0.25, 0.3) is 0 Å². The Hall–Kier alpha value is -1.94. The number of carbonyl (C=O) groups excluding carboxylic acids is 4. The lowest BCUT2D eigenvalue weighted by molar-refractivity contribution is -0.161. The van der Waals surface area contributed by atoms with Gasteiger partial charge in [-0.1, -0.05) is 344 Å². The third kappa shape index (κ3) is 68.3. The number of aliphatic hydroxyl groups excluding tert-OH is 1. The smallest absolute Gasteiger partial charge is 0.462 e. The minimum absolute atomic E-state index is 0.106. The Balaban J connectivity index is 5.22. The molecule has 0 spiro atoms. The fraction of sp³-hybridized carbons (Fsp3) is 0.949. The van der Waals surface area contributed by atoms with Gasteiger partial charge in [-0.3, -0.25) is 37.3 Å². The second kappa shape index (κ2) is 67.2. The second-order valence-electron chi connectivity index (χ2n) is 29.3. The van der Waals surface area contributed by atoms with Gasteiger partial charge in [0.15, 0.2) is 12.2 Å². The van der Waals surface area contributed by atoms with Gasteiger partial charge in [-0.05, 0) is 49.4 Å². The standard InChI is InChI=1S/C78H152O17P2/c1-9-69(6)55-47-39-30-24-20-16-12-14-18-22-26-34-44-52-60-77(82)94-73(64-88-75(80)58-50-42-33-29-28-32-41-49-57-71(8)11-3)66-92-96(84,85)90-62-72(79)63-91-97(86,87)93-67-74(65-89-76(81)59-51-43-37-36-38-46-54-68(4)5)95-78(83)61-53-45-35-27-23-19-15-13-17-21-25-31-40-48-56-70(7)10-2/h68-74,79H,9-67H2,1-8H3,(H,84,85)(H,86,87)/t69?,70?,71?,72-,73-,74-/m1/s1. The number of hydrogen-bond acceptors (Lipinski definition) is 15. The topological polar surface area (TPSA) is 237 Å². The van der Waals surface area contributed by atoms with Gasteiger partial charge in [0.05, 0.1) is 26.4 Å². The Morgan fingerprint density at radius 2 is 0.495 bits per heavy atom. The summed E-state index contributed by atoms with van der Waals surface area (Å²) in [6, 6.07) is 0. The summed E-state index contributed by atoms with van der Waals surface area (Å²) >= 11 is 0. The lowest BCUT2D eigenvalue weighted by Crippen LogP contribution is -2.30. The molecule has 0 radical (unpaired) electrons. The number of rotatable bonds is 75. The molecule has 0 aromatic rings. The van der Waals surface area contributed by atoms with Crippen molar-refractivity contribution in [2.75, 3.05) is 39.6 Å². The van der Waals surface area contributed by atoms with Gasteiger partial charge >= 0.3 is 39.5 Å². The molecule has 576 valence electrons. The van der Waals surface area contributed by atoms with E-state index in [1.807, 2.05) is 0 Å². The molecule has 19 heteroatoms. The molecule has 0 heterocycles. The normalized spacial score (nSPS) is 14.9. The van der Waals surface area contributed by atoms with E-state index in [9.17, 15) is 43.2 Å². The van der Waals surface area contributed by atoms with Crippen molar-refractivity contribution in [1.82, 2.24) is 0 Å². The van der Waals surface area contributed by atoms with E-state index in [1.165, 1.54) is 193 Å². The molecule has 0 bridgehead atoms. The van der Waals surface area contributed by atoms with Gasteiger partial charge in [-0.2, -0.15) is 0 Å². The maximum Gasteiger partial charge on any atom is 0.472 e. The van der Waals surface area contributed by atoms with E-state index in [0.717, 1.165) is 114 Å². The summed E-state index contributed by atoms with van der Waals surface area (Å²) < 4.78 is 68.6. The molecule has 0 aliphatic rings. The van der Waals surface area contributed by atoms with E-state index >= 15 is 0 Å². The SMILES string of the molecule is CCC(C)CCCCCCCCCCCCCCCCC(=O)O[C@H](COC(=O)CCCCCCCCCCC(C)CC)COP(=O)(O)OC[C@@H](O)COP(=O)(O)OC[C@@H](COC(=O)CCCCCCCCC(C)C)OC(=O)CCCCCCCCCCCCCCCCC(C)CC. The van der Waals surface area contributed by atoms with Crippen LogP contribution in [0.1, 0.15) is 396 Å². The summed E-state index contributed by atoms with van der Waals surface area (Å²) in [6.45, 7) is 14.2. The van der Waals surface area contributed by atoms with Crippen molar-refractivity contribution in [2.24, 2.45) is 23.7 Å². The van der Waals surface area contributed by atoms with Gasteiger partial charge in [-0.15, -0.1) is 0 Å². The molecule has 0 saturated heterocycles. The molecule has 0 aromatic heterocycles. The molecule has 0 aliphatic heterocycles. The van der Waals surface area contributed by atoms with Crippen molar-refractivity contribution in [1.29, 1.82) is 0 Å². The molecule has 0 aliphatic carbocycles. The summed E-state index contributed by atoms with van der Waals surface area (Å²) in [5.41, 5.74) is 0. The molecule has 0 aromatic carbocycles. The number of aliphatic hydroxyl groups is 1. The van der Waals surface area contributed by atoms with Gasteiger partial charge < -0.3 is 33.8 Å². The highest BCUT2D eigenvalue weighted by molar-refractivity contribution is 7.47. The number of unbranched alkanes of at least 4 members (excludes halogenated alkanes) is 38. The first-order valence-electron chi connectivity index (χ1n) is 40.3. The Kier molecular flexibility index (Phi) is 65.9. The Labute approximate surface area is 594 Å². The predicted octanol–water partition coefficient (Wildman–Crippen LogP) is 22.8. The largest absolute Gasteiger partial charge is 0.472 e. The summed E-state index contributed by atoms with van der Waals surface area (Å²) in [6.07, 6.45) is 52.7. The van der Waals surface area contributed by atoms with Crippen LogP contribution in [0.25, 0.3) is 0 Å². The zero-order valence-corrected chi connectivity index (χ0v) is 65.5. The highest BCUT2D eigenvalue weighted by atomic mass is 31.2. The van der Waals surface area contributed by atoms with Gasteiger partial charge in [0.1, 0.15) is 19.3 Å². The van der Waals surface area contributed by atoms with Crippen LogP contribution in [-0.4, -0.2) is 96.7 Å². The molecule has 0 saturated carbocycles. The van der Waals surface area contributed by atoms with E-state index < -0.39 is 97.5 Å². The third-order valence-corrected chi connectivity index (χ3v) is 21.1. The summed E-state index contributed by atoms with van der Waals surface area (Å²) in [5.74, 6) is 1.03. The fourth-order valence-corrected chi connectivity index (χ4v) is 13.4. The number of ether oxygens (including phenoxy) is 4. The molecule has 97 heavy (non-hydrogen) atoms. The van der Waals surface area contributed by atoms with Crippen molar-refractivity contribution in [3.05, 3.63) is 0 Å². The van der Waals surface area contributed by atoms with Gasteiger partial charge in [-0.25, -0.2) is 9.13 Å². The van der Waals surface area contributed by atoms with Crippen LogP contribution in [0, 0.1) is 23.7 Å². The molecule has 5 unspecified atom stereocenters. The zero-order chi connectivity index (χ0) is 71.7. The monoisotopic (exact) mass is 1420 g/mol. The second-order valence-corrected chi connectivity index (χ2v) is 32.2. The lowest BCUT2D eigenvalue weighted by Gasteiger charge is -2.21. The van der Waals surface area contributed by atoms with Crippen LogP contribution < -0.4 is 0 Å². The Bertz CT molecular complexity index is 1910. The highest BCUT2D eigenvalue weighted by Crippen LogP contribution is 2.45. The van der Waals surface area contributed by atoms with Crippen LogP contribution in [0.2, 0.25) is 0 Å². The zero-order valence-electron chi connectivity index (χ0n) is 63.7. The van der Waals surface area contributed by atoms with Crippen LogP contribution in [0.4, 0.5) is 0 Å². The molecule has 0 fully saturated rings. The third-order valence-electron chi connectivity index (χ3n) is 19.2. The number of phosphoric ester groups is 2. The van der Waals surface area contributed by atoms with Crippen molar-refractivity contribution in [2.45, 2.75) is 414 Å². The number of hydrogen-bond donors (Lipinski definition) is 3. The number of phosphoric acid groups is 2. The minimum Gasteiger partial charge on any atom is -0.462 e. The highest BCUT2D eigenvalue weighted by Gasteiger charge is 2.30. The first-order chi connectivity index (χ1) is 46.7. The fourth-order valence-electron chi connectivity index (χ4n) is 11.8. The first-order valence-corrected chi connectivity index (χ1v) is 43.3. The molecule has 17 nitrogen and oxygen atoms in total. The Morgan fingerprint density at radius 3 is 0.732 bits per heavy atom. The lowest BCUT2D eigenvalue weighted by atomic mass is 9.99. The van der Waals surface area contributed by atoms with Crippen LogP contribution in [0.15, 0.2) is 0 Å². The van der Waals surface area contributed by atoms with Crippen molar-refractivity contribution in [3.63, 3.8) is 0 Å². The van der Waals surface area contributed by atoms with E-state index in [2.05, 4.69) is 55.4 Å². The average Bonchev–Trinajstić information content (AvgIpc) is 1.21. The molecular weight excluding hydrogens is 1270 g/mol. The van der Waals surface area contributed by atoms with Crippen molar-refractivity contribution >= 4 is 39.5 Å². The summed E-state index contributed by atoms with van der Waals surface area (Å²) in [5, 5.41) is 10.6. The van der Waals surface area contributed by atoms with Crippen LogP contribution >= 0.6 is 15.6 Å². The molecule has 0 rings (SSSR count). The summed E-state index contributed by atoms with van der Waals surface area (Å²) in [7, 11) is -9.92. The van der Waals surface area contributed by atoms with Gasteiger partial charge in [0, 0.05) is 25.7 Å². The van der Waals surface area contributed by atoms with Crippen molar-refractivity contribution in [3.8, 4) is 0 Å². The number of esters is 4. The molecule has 3 N–H and O–H groups in total. The molecular formula is C78H152O17P2. The number of carbonyl (C=O) groups is 4. The maximum absolute atomic E-state index is 13.1. The van der Waals surface area contributed by atoms with E-state index in [4.69, 9.17) is 37.0 Å². The van der Waals surface area contributed by atoms with E-state index in [0.29, 0.717) is 31.6 Å². The van der Waals surface area contributed by atoms with E-state index in [-0.39, 0.29) is 25.7 Å².